The van der Waals surface area contributed by atoms with Crippen LogP contribution < -0.4 is 10.3 Å². The number of aromatic nitrogens is 2. The molecule has 2 heterocycles. The van der Waals surface area contributed by atoms with Gasteiger partial charge in [0.15, 0.2) is 5.75 Å². The summed E-state index contributed by atoms with van der Waals surface area (Å²) >= 11 is 0. The lowest BCUT2D eigenvalue weighted by molar-refractivity contribution is 0.198. The van der Waals surface area contributed by atoms with E-state index in [0.717, 1.165) is 11.4 Å². The number of nitrogens with zero attached hydrogens (tertiary/aromatic N) is 1. The SMILES string of the molecule is CC1NOc2cn[nH]c21. The van der Waals surface area contributed by atoms with E-state index in [1.165, 1.54) is 0 Å². The van der Waals surface area contributed by atoms with Gasteiger partial charge >= 0.3 is 0 Å². The van der Waals surface area contributed by atoms with Crippen LogP contribution in [-0.4, -0.2) is 10.2 Å². The van der Waals surface area contributed by atoms with Crippen molar-refractivity contribution in [3.63, 3.8) is 0 Å². The Morgan fingerprint density at radius 1 is 1.78 bits per heavy atom. The minimum atomic E-state index is 0.238. The molecule has 0 aliphatic carbocycles. The van der Waals surface area contributed by atoms with Gasteiger partial charge in [0.05, 0.1) is 17.9 Å². The van der Waals surface area contributed by atoms with E-state index in [-0.39, 0.29) is 6.04 Å². The van der Waals surface area contributed by atoms with Crippen LogP contribution >= 0.6 is 0 Å². The summed E-state index contributed by atoms with van der Waals surface area (Å²) in [5, 5.41) is 6.63. The molecule has 1 aliphatic heterocycles. The van der Waals surface area contributed by atoms with E-state index in [1.54, 1.807) is 6.20 Å². The quantitative estimate of drug-likeness (QED) is 0.526. The molecule has 0 radical (unpaired) electrons. The Morgan fingerprint density at radius 2 is 2.67 bits per heavy atom. The van der Waals surface area contributed by atoms with Crippen LogP contribution in [0.4, 0.5) is 0 Å². The number of aromatic amines is 1. The van der Waals surface area contributed by atoms with Gasteiger partial charge in [0.1, 0.15) is 0 Å². The summed E-state index contributed by atoms with van der Waals surface area (Å²) in [5.74, 6) is 0.808. The van der Waals surface area contributed by atoms with Crippen molar-refractivity contribution < 1.29 is 4.84 Å². The summed E-state index contributed by atoms with van der Waals surface area (Å²) < 4.78 is 0. The van der Waals surface area contributed by atoms with Crippen LogP contribution in [0, 0.1) is 0 Å². The molecule has 4 heteroatoms. The molecule has 0 saturated heterocycles. The van der Waals surface area contributed by atoms with E-state index in [9.17, 15) is 0 Å². The number of H-pyrrole nitrogens is 1. The Bertz CT molecular complexity index is 220. The summed E-state index contributed by atoms with van der Waals surface area (Å²) in [6.45, 7) is 2.00. The molecule has 0 aromatic carbocycles. The van der Waals surface area contributed by atoms with E-state index in [2.05, 4.69) is 15.7 Å². The molecule has 0 amide bonds. The maximum absolute atomic E-state index is 5.01. The predicted octanol–water partition coefficient (Wildman–Crippen LogP) is 0.368. The lowest BCUT2D eigenvalue weighted by Gasteiger charge is -1.96. The first-order valence-corrected chi connectivity index (χ1v) is 2.83. The fraction of sp³-hybridized carbons (Fsp3) is 0.400. The van der Waals surface area contributed by atoms with E-state index in [1.807, 2.05) is 6.92 Å². The molecule has 0 saturated carbocycles. The molecule has 2 rings (SSSR count). The summed E-state index contributed by atoms with van der Waals surface area (Å²) in [7, 11) is 0. The van der Waals surface area contributed by atoms with Gasteiger partial charge in [-0.2, -0.15) is 5.10 Å². The lowest BCUT2D eigenvalue weighted by Crippen LogP contribution is -2.14. The van der Waals surface area contributed by atoms with Crippen LogP contribution in [0.2, 0.25) is 0 Å². The van der Waals surface area contributed by atoms with Crippen molar-refractivity contribution in [2.45, 2.75) is 13.0 Å². The largest absolute Gasteiger partial charge is 0.404 e. The Hall–Kier alpha value is -1.03. The van der Waals surface area contributed by atoms with Crippen LogP contribution in [0.5, 0.6) is 5.75 Å². The summed E-state index contributed by atoms with van der Waals surface area (Å²) in [6.07, 6.45) is 1.66. The second-order valence-corrected chi connectivity index (χ2v) is 2.09. The van der Waals surface area contributed by atoms with Gasteiger partial charge in [-0.15, -0.1) is 5.48 Å². The zero-order chi connectivity index (χ0) is 6.27. The Kier molecular flexibility index (Phi) is 0.790. The first-order chi connectivity index (χ1) is 4.38. The summed E-state index contributed by atoms with van der Waals surface area (Å²) in [6, 6.07) is 0.238. The Balaban J connectivity index is 2.49. The summed E-state index contributed by atoms with van der Waals surface area (Å²) in [5.41, 5.74) is 3.82. The zero-order valence-electron chi connectivity index (χ0n) is 5.01. The maximum atomic E-state index is 5.01. The van der Waals surface area contributed by atoms with Crippen LogP contribution in [0.3, 0.4) is 0 Å². The zero-order valence-corrected chi connectivity index (χ0v) is 5.01. The number of fused-ring (bicyclic) bond motifs is 1. The van der Waals surface area contributed by atoms with Gasteiger partial charge < -0.3 is 4.84 Å². The third-order valence-electron chi connectivity index (χ3n) is 1.41. The smallest absolute Gasteiger partial charge is 0.189 e. The Morgan fingerprint density at radius 3 is 3.44 bits per heavy atom. The molecule has 0 spiro atoms. The average molecular weight is 125 g/mol. The number of rotatable bonds is 0. The lowest BCUT2D eigenvalue weighted by atomic mass is 10.3. The van der Waals surface area contributed by atoms with E-state index < -0.39 is 0 Å². The minimum absolute atomic E-state index is 0.238. The van der Waals surface area contributed by atoms with Crippen molar-refractivity contribution in [3.8, 4) is 5.75 Å². The molecular weight excluding hydrogens is 118 g/mol. The monoisotopic (exact) mass is 125 g/mol. The van der Waals surface area contributed by atoms with Gasteiger partial charge in [-0.25, -0.2) is 0 Å². The molecular formula is C5H7N3O. The Labute approximate surface area is 52.2 Å². The molecule has 0 bridgehead atoms. The van der Waals surface area contributed by atoms with Gasteiger partial charge in [0, 0.05) is 0 Å². The molecule has 1 atom stereocenters. The maximum Gasteiger partial charge on any atom is 0.189 e. The number of hydroxylamine groups is 1. The number of nitrogens with one attached hydrogen (secondary N) is 2. The third-order valence-corrected chi connectivity index (χ3v) is 1.41. The first kappa shape index (κ1) is 4.81. The van der Waals surface area contributed by atoms with Crippen LogP contribution in [0.15, 0.2) is 6.20 Å². The van der Waals surface area contributed by atoms with E-state index in [0.29, 0.717) is 0 Å². The highest BCUT2D eigenvalue weighted by Crippen LogP contribution is 2.26. The number of hydrogen-bond donors (Lipinski definition) is 2. The van der Waals surface area contributed by atoms with Gasteiger partial charge in [-0.05, 0) is 6.92 Å². The molecule has 0 fully saturated rings. The molecule has 48 valence electrons. The van der Waals surface area contributed by atoms with Crippen molar-refractivity contribution >= 4 is 0 Å². The first-order valence-electron chi connectivity index (χ1n) is 2.83. The van der Waals surface area contributed by atoms with Crippen molar-refractivity contribution in [1.82, 2.24) is 15.7 Å². The number of hydrogen-bond acceptors (Lipinski definition) is 3. The molecule has 1 unspecified atom stereocenters. The van der Waals surface area contributed by atoms with Crippen LogP contribution in [0.1, 0.15) is 18.7 Å². The standard InChI is InChI=1S/C5H7N3O/c1-3-5-4(9-8-3)2-6-7-5/h2-3,8H,1H3,(H,6,7). The predicted molar refractivity (Wildman–Crippen MR) is 30.8 cm³/mol. The van der Waals surface area contributed by atoms with Crippen LogP contribution in [-0.2, 0) is 0 Å². The third kappa shape index (κ3) is 0.533. The van der Waals surface area contributed by atoms with Crippen molar-refractivity contribution in [2.75, 3.05) is 0 Å². The van der Waals surface area contributed by atoms with Gasteiger partial charge in [-0.1, -0.05) is 0 Å². The van der Waals surface area contributed by atoms with Gasteiger partial charge in [-0.3, -0.25) is 5.10 Å². The fourth-order valence-electron chi connectivity index (χ4n) is 0.887. The van der Waals surface area contributed by atoms with Gasteiger partial charge in [0.25, 0.3) is 0 Å². The molecule has 9 heavy (non-hydrogen) atoms. The van der Waals surface area contributed by atoms with Gasteiger partial charge in [0.2, 0.25) is 0 Å². The van der Waals surface area contributed by atoms with Crippen LogP contribution in [0.25, 0.3) is 0 Å². The molecule has 2 N–H and O–H groups in total. The normalized spacial score (nSPS) is 23.4. The highest BCUT2D eigenvalue weighted by Gasteiger charge is 2.21. The fourth-order valence-corrected chi connectivity index (χ4v) is 0.887. The van der Waals surface area contributed by atoms with E-state index in [4.69, 9.17) is 4.84 Å². The summed E-state index contributed by atoms with van der Waals surface area (Å²) in [4.78, 5) is 5.01. The van der Waals surface area contributed by atoms with E-state index >= 15 is 0 Å². The van der Waals surface area contributed by atoms with Crippen molar-refractivity contribution in [2.24, 2.45) is 0 Å². The van der Waals surface area contributed by atoms with Crippen molar-refractivity contribution in [3.05, 3.63) is 11.9 Å². The second kappa shape index (κ2) is 1.48. The molecule has 4 nitrogen and oxygen atoms in total. The topological polar surface area (TPSA) is 49.9 Å². The molecule has 1 aliphatic rings. The highest BCUT2D eigenvalue weighted by atomic mass is 16.7. The highest BCUT2D eigenvalue weighted by molar-refractivity contribution is 5.28. The molecule has 1 aromatic heterocycles. The minimum Gasteiger partial charge on any atom is -0.404 e. The van der Waals surface area contributed by atoms with Crippen molar-refractivity contribution in [1.29, 1.82) is 0 Å². The molecule has 1 aromatic rings. The average Bonchev–Trinajstić information content (AvgIpc) is 2.35. The second-order valence-electron chi connectivity index (χ2n) is 2.09.